The van der Waals surface area contributed by atoms with E-state index in [0.29, 0.717) is 5.69 Å². The third kappa shape index (κ3) is 9.34. The molecule has 1 N–H and O–H groups in total. The van der Waals surface area contributed by atoms with E-state index in [1.165, 1.54) is 24.3 Å². The predicted molar refractivity (Wildman–Crippen MR) is 79.8 cm³/mol. The number of amides is 1. The van der Waals surface area contributed by atoms with Gasteiger partial charge in [-0.2, -0.15) is 18.6 Å². The molecule has 6 nitrogen and oxygen atoms in total. The molecule has 0 aliphatic heterocycles. The minimum atomic E-state index is -0.508. The number of nitrogens with one attached hydrogen (secondary N) is 1. The molecule has 1 heterocycles. The fourth-order valence-electron chi connectivity index (χ4n) is 1.19. The van der Waals surface area contributed by atoms with Crippen molar-refractivity contribution in [1.29, 1.82) is 0 Å². The molecule has 2 aromatic rings. The van der Waals surface area contributed by atoms with Crippen LogP contribution in [0.2, 0.25) is 0 Å². The van der Waals surface area contributed by atoms with Crippen LogP contribution in [0.3, 0.4) is 0 Å². The molecule has 0 radical (unpaired) electrons. The van der Waals surface area contributed by atoms with Gasteiger partial charge in [-0.1, -0.05) is 18.8 Å². The van der Waals surface area contributed by atoms with Crippen LogP contribution >= 0.6 is 12.6 Å². The second kappa shape index (κ2) is 12.0. The number of carbonyl (C=O) groups is 1. The van der Waals surface area contributed by atoms with Gasteiger partial charge in [-0.15, -0.1) is 6.07 Å². The molecule has 9 heteroatoms. The number of anilines is 1. The summed E-state index contributed by atoms with van der Waals surface area (Å²) >= 11 is 3.49. The van der Waals surface area contributed by atoms with Gasteiger partial charge in [-0.05, 0) is 18.3 Å². The number of thiol groups is 1. The third-order valence-electron chi connectivity index (χ3n) is 2.05. The zero-order valence-electron chi connectivity index (χ0n) is 11.5. The summed E-state index contributed by atoms with van der Waals surface area (Å²) in [5.41, 5.74) is 1.42. The van der Waals surface area contributed by atoms with E-state index in [9.17, 15) is 14.9 Å². The van der Waals surface area contributed by atoms with Gasteiger partial charge in [0.15, 0.2) is 0 Å². The summed E-state index contributed by atoms with van der Waals surface area (Å²) < 4.78 is 0. The zero-order chi connectivity index (χ0) is 15.0. The Morgan fingerprint density at radius 2 is 1.86 bits per heavy atom. The Kier molecular flexibility index (Phi) is 12.3. The number of hydrogen-bond acceptors (Lipinski definition) is 4. The van der Waals surface area contributed by atoms with E-state index in [1.54, 1.807) is 12.4 Å². The summed E-state index contributed by atoms with van der Waals surface area (Å²) in [4.78, 5) is 24.0. The van der Waals surface area contributed by atoms with E-state index < -0.39 is 10.2 Å². The topological polar surface area (TPSA) is 85.1 Å². The first kappa shape index (κ1) is 22.7. The molecule has 1 amide bonds. The molecule has 0 bridgehead atoms. The number of hydrogen-bond donors (Lipinski definition) is 2. The molecule has 0 unspecified atom stereocenters. The Morgan fingerprint density at radius 3 is 2.18 bits per heavy atom. The number of nitrogens with zero attached hydrogens (tertiary/aromatic N) is 2. The number of halogens is 1. The van der Waals surface area contributed by atoms with Crippen LogP contribution in [0.1, 0.15) is 5.56 Å². The Hall–Kier alpha value is -1.63. The molecular weight excluding hydrogens is 379 g/mol. The summed E-state index contributed by atoms with van der Waals surface area (Å²) in [5.74, 6) is 0. The molecule has 0 aliphatic carbocycles. The number of aromatic nitrogens is 1. The summed E-state index contributed by atoms with van der Waals surface area (Å²) in [6, 6.07) is 9.26. The predicted octanol–water partition coefficient (Wildman–Crippen LogP) is 0.322. The van der Waals surface area contributed by atoms with Crippen LogP contribution in [-0.2, 0) is 19.5 Å². The van der Waals surface area contributed by atoms with E-state index in [0.717, 1.165) is 5.56 Å². The number of nitro benzene ring substituents is 1. The van der Waals surface area contributed by atoms with Gasteiger partial charge in [0.25, 0.3) is 10.9 Å². The Labute approximate surface area is 152 Å². The Bertz CT molecular complexity index is 585. The largest absolute Gasteiger partial charge is 2.00 e. The van der Waals surface area contributed by atoms with Crippen molar-refractivity contribution in [3.63, 3.8) is 0 Å². The molecule has 112 valence electrons. The van der Waals surface area contributed by atoms with Crippen molar-refractivity contribution < 1.29 is 41.6 Å². The molecule has 0 atom stereocenters. The molecule has 0 fully saturated rings. The maximum Gasteiger partial charge on any atom is 2.00 e. The van der Waals surface area contributed by atoms with Crippen LogP contribution in [-0.4, -0.2) is 15.1 Å². The molecular formula is C13H12ClN3O3SZn. The Balaban J connectivity index is 0. The van der Waals surface area contributed by atoms with Gasteiger partial charge in [0.05, 0.1) is 4.92 Å². The first-order valence-electron chi connectivity index (χ1n) is 5.45. The third-order valence-corrected chi connectivity index (χ3v) is 2.16. The SMILES string of the molecule is O=C(S)Nc1ccc([N+](=O)[O-])cc1.[CH2-]c1cccnc1.[Cl-].[Zn+2]. The minimum Gasteiger partial charge on any atom is -1.00 e. The van der Waals surface area contributed by atoms with E-state index in [2.05, 4.69) is 29.9 Å². The average Bonchev–Trinajstić information content (AvgIpc) is 2.40. The summed E-state index contributed by atoms with van der Waals surface area (Å²) in [5, 5.41) is 12.1. The van der Waals surface area contributed by atoms with Crippen LogP contribution in [0.15, 0.2) is 48.8 Å². The van der Waals surface area contributed by atoms with Gasteiger partial charge in [0.2, 0.25) is 0 Å². The molecule has 0 spiro atoms. The molecule has 0 saturated heterocycles. The van der Waals surface area contributed by atoms with Crippen molar-refractivity contribution in [3.05, 3.63) is 71.4 Å². The monoisotopic (exact) mass is 389 g/mol. The van der Waals surface area contributed by atoms with Crippen LogP contribution in [0.4, 0.5) is 16.2 Å². The van der Waals surface area contributed by atoms with Crippen molar-refractivity contribution in [2.75, 3.05) is 5.32 Å². The number of benzene rings is 1. The first-order chi connectivity index (χ1) is 9.49. The first-order valence-corrected chi connectivity index (χ1v) is 5.90. The standard InChI is InChI=1S/C7H6N2O3S.C6H6N.ClH.Zn/c10-7(13)8-5-1-3-6(4-2-5)9(11)12;1-6-3-2-4-7-5-6;;/h1-4H,(H2,8,10,13);2-5H,1H2;1H;/q;-1;;+2/p-1. The second-order valence-electron chi connectivity index (χ2n) is 3.60. The summed E-state index contributed by atoms with van der Waals surface area (Å²) in [7, 11) is 0. The second-order valence-corrected chi connectivity index (χ2v) is 4.00. The number of carbonyl (C=O) groups excluding carboxylic acids is 1. The molecule has 0 saturated carbocycles. The van der Waals surface area contributed by atoms with Gasteiger partial charge in [0, 0.05) is 17.8 Å². The van der Waals surface area contributed by atoms with Gasteiger partial charge in [0.1, 0.15) is 0 Å². The van der Waals surface area contributed by atoms with Crippen molar-refractivity contribution in [2.45, 2.75) is 0 Å². The maximum atomic E-state index is 10.5. The van der Waals surface area contributed by atoms with E-state index in [4.69, 9.17) is 0 Å². The van der Waals surface area contributed by atoms with E-state index >= 15 is 0 Å². The summed E-state index contributed by atoms with van der Waals surface area (Å²) in [6.07, 6.45) is 3.45. The normalized spacial score (nSPS) is 8.23. The quantitative estimate of drug-likeness (QED) is 0.254. The van der Waals surface area contributed by atoms with Gasteiger partial charge >= 0.3 is 19.5 Å². The molecule has 1 aromatic carbocycles. The Morgan fingerprint density at radius 1 is 1.27 bits per heavy atom. The number of pyridine rings is 1. The van der Waals surface area contributed by atoms with Crippen molar-refractivity contribution in [2.24, 2.45) is 0 Å². The molecule has 2 rings (SSSR count). The van der Waals surface area contributed by atoms with Crippen LogP contribution in [0, 0.1) is 17.0 Å². The van der Waals surface area contributed by atoms with Crippen molar-refractivity contribution in [3.8, 4) is 0 Å². The van der Waals surface area contributed by atoms with E-state index in [1.807, 2.05) is 12.1 Å². The fourth-order valence-corrected chi connectivity index (χ4v) is 1.32. The van der Waals surface area contributed by atoms with Crippen molar-refractivity contribution >= 4 is 29.2 Å². The smallest absolute Gasteiger partial charge is 1.00 e. The molecule has 22 heavy (non-hydrogen) atoms. The van der Waals surface area contributed by atoms with Crippen LogP contribution in [0.5, 0.6) is 0 Å². The number of nitro groups is 1. The average molecular weight is 391 g/mol. The number of non-ortho nitro benzene ring substituents is 1. The van der Waals surface area contributed by atoms with Gasteiger partial charge in [-0.3, -0.25) is 14.9 Å². The summed E-state index contributed by atoms with van der Waals surface area (Å²) in [6.45, 7) is 3.66. The minimum absolute atomic E-state index is 0. The van der Waals surface area contributed by atoms with Gasteiger partial charge < -0.3 is 22.7 Å². The van der Waals surface area contributed by atoms with Gasteiger partial charge in [-0.25, -0.2) is 0 Å². The maximum absolute atomic E-state index is 10.5. The number of rotatable bonds is 2. The van der Waals surface area contributed by atoms with E-state index in [-0.39, 0.29) is 37.6 Å². The van der Waals surface area contributed by atoms with Crippen LogP contribution in [0.25, 0.3) is 0 Å². The fraction of sp³-hybridized carbons (Fsp3) is 0. The molecule has 0 aliphatic rings. The zero-order valence-corrected chi connectivity index (χ0v) is 16.1. The van der Waals surface area contributed by atoms with Crippen molar-refractivity contribution in [1.82, 2.24) is 4.98 Å². The van der Waals surface area contributed by atoms with Crippen LogP contribution < -0.4 is 17.7 Å². The molecule has 1 aromatic heterocycles.